The summed E-state index contributed by atoms with van der Waals surface area (Å²) in [5, 5.41) is 0.518. The molecule has 1 aromatic carbocycles. The molecule has 2 aromatic rings. The zero-order valence-electron chi connectivity index (χ0n) is 19.2. The maximum absolute atomic E-state index is 12.7. The molecule has 2 N–H and O–H groups in total. The standard InChI is InChI=1S/C23H27ClN4O6/c1-13(2)9-28-20(25)19(21(31)26(3)23(28)33)17(29)12-34-22(32)15-8-18(30)27(11-15)10-14-6-4-5-7-16(14)24/h4-7,13,15H,8-12,25H2,1-3H3/t15-/m1/s1. The minimum atomic E-state index is -0.856. The van der Waals surface area contributed by atoms with Crippen LogP contribution in [0.1, 0.15) is 36.2 Å². The Morgan fingerprint density at radius 2 is 1.88 bits per heavy atom. The second-order valence-corrected chi connectivity index (χ2v) is 9.12. The van der Waals surface area contributed by atoms with Gasteiger partial charge in [-0.05, 0) is 17.5 Å². The Hall–Kier alpha value is -3.40. The monoisotopic (exact) mass is 490 g/mol. The number of anilines is 1. The van der Waals surface area contributed by atoms with E-state index in [1.807, 2.05) is 13.8 Å². The first-order valence-corrected chi connectivity index (χ1v) is 11.2. The van der Waals surface area contributed by atoms with Crippen LogP contribution in [-0.2, 0) is 34.5 Å². The lowest BCUT2D eigenvalue weighted by atomic mass is 10.1. The second kappa shape index (κ2) is 10.3. The fraction of sp³-hybridized carbons (Fsp3) is 0.435. The molecule has 1 aromatic heterocycles. The fourth-order valence-corrected chi connectivity index (χ4v) is 4.02. The zero-order chi connectivity index (χ0) is 25.2. The number of carbonyl (C=O) groups is 3. The van der Waals surface area contributed by atoms with Crippen molar-refractivity contribution in [2.24, 2.45) is 18.9 Å². The van der Waals surface area contributed by atoms with Gasteiger partial charge < -0.3 is 15.4 Å². The predicted molar refractivity (Wildman–Crippen MR) is 125 cm³/mol. The molecule has 10 nitrogen and oxygen atoms in total. The number of likely N-dealkylation sites (tertiary alicyclic amines) is 1. The summed E-state index contributed by atoms with van der Waals surface area (Å²) in [4.78, 5) is 64.1. The highest BCUT2D eigenvalue weighted by Gasteiger charge is 2.36. The summed E-state index contributed by atoms with van der Waals surface area (Å²) >= 11 is 6.15. The largest absolute Gasteiger partial charge is 0.457 e. The molecule has 0 bridgehead atoms. The lowest BCUT2D eigenvalue weighted by Gasteiger charge is -2.17. The predicted octanol–water partition coefficient (Wildman–Crippen LogP) is 1.21. The lowest BCUT2D eigenvalue weighted by molar-refractivity contribution is -0.147. The van der Waals surface area contributed by atoms with E-state index in [2.05, 4.69) is 0 Å². The number of ketones is 1. The van der Waals surface area contributed by atoms with Gasteiger partial charge in [0.25, 0.3) is 5.56 Å². The van der Waals surface area contributed by atoms with Crippen molar-refractivity contribution >= 4 is 35.1 Å². The van der Waals surface area contributed by atoms with Crippen LogP contribution in [0.15, 0.2) is 33.9 Å². The van der Waals surface area contributed by atoms with Crippen LogP contribution in [0, 0.1) is 11.8 Å². The van der Waals surface area contributed by atoms with Crippen molar-refractivity contribution in [1.82, 2.24) is 14.0 Å². The number of benzene rings is 1. The normalized spacial score (nSPS) is 15.7. The molecule has 34 heavy (non-hydrogen) atoms. The first-order valence-electron chi connectivity index (χ1n) is 10.8. The highest BCUT2D eigenvalue weighted by atomic mass is 35.5. The van der Waals surface area contributed by atoms with Gasteiger partial charge in [-0.15, -0.1) is 0 Å². The van der Waals surface area contributed by atoms with Gasteiger partial charge in [-0.25, -0.2) is 4.79 Å². The summed E-state index contributed by atoms with van der Waals surface area (Å²) in [6, 6.07) is 7.10. The van der Waals surface area contributed by atoms with E-state index in [1.165, 1.54) is 11.9 Å². The van der Waals surface area contributed by atoms with Crippen molar-refractivity contribution in [1.29, 1.82) is 0 Å². The Morgan fingerprint density at radius 3 is 2.53 bits per heavy atom. The summed E-state index contributed by atoms with van der Waals surface area (Å²) in [5.41, 5.74) is 4.84. The summed E-state index contributed by atoms with van der Waals surface area (Å²) in [6.45, 7) is 3.58. The zero-order valence-corrected chi connectivity index (χ0v) is 20.0. The minimum Gasteiger partial charge on any atom is -0.457 e. The number of carbonyl (C=O) groups excluding carboxylic acids is 3. The molecule has 3 rings (SSSR count). The second-order valence-electron chi connectivity index (χ2n) is 8.71. The van der Waals surface area contributed by atoms with Crippen molar-refractivity contribution < 1.29 is 19.1 Å². The van der Waals surface area contributed by atoms with Gasteiger partial charge in [0.05, 0.1) is 5.92 Å². The Bertz CT molecular complexity index is 1250. The molecule has 2 heterocycles. The van der Waals surface area contributed by atoms with Gasteiger partial charge in [-0.1, -0.05) is 43.6 Å². The molecule has 1 saturated heterocycles. The number of Topliss-reactive ketones (excluding diaryl/α,β-unsaturated/α-hetero) is 1. The van der Waals surface area contributed by atoms with Crippen molar-refractivity contribution in [2.45, 2.75) is 33.4 Å². The Morgan fingerprint density at radius 1 is 1.21 bits per heavy atom. The maximum Gasteiger partial charge on any atom is 0.332 e. The molecule has 1 aliphatic rings. The Kier molecular flexibility index (Phi) is 7.61. The third-order valence-electron chi connectivity index (χ3n) is 5.62. The molecule has 0 spiro atoms. The molecule has 182 valence electrons. The van der Waals surface area contributed by atoms with Crippen LogP contribution in [0.2, 0.25) is 5.02 Å². The highest BCUT2D eigenvalue weighted by molar-refractivity contribution is 6.31. The van der Waals surface area contributed by atoms with E-state index >= 15 is 0 Å². The highest BCUT2D eigenvalue weighted by Crippen LogP contribution is 2.24. The number of ether oxygens (including phenoxy) is 1. The smallest absolute Gasteiger partial charge is 0.332 e. The van der Waals surface area contributed by atoms with Gasteiger partial charge in [0.15, 0.2) is 6.61 Å². The van der Waals surface area contributed by atoms with Gasteiger partial charge >= 0.3 is 11.7 Å². The van der Waals surface area contributed by atoms with Gasteiger partial charge in [0.1, 0.15) is 11.4 Å². The van der Waals surface area contributed by atoms with E-state index in [0.29, 0.717) is 5.02 Å². The number of esters is 1. The van der Waals surface area contributed by atoms with E-state index in [-0.39, 0.29) is 43.7 Å². The van der Waals surface area contributed by atoms with E-state index in [0.717, 1.165) is 14.7 Å². The number of nitrogens with two attached hydrogens (primary N) is 1. The molecule has 0 saturated carbocycles. The molecular weight excluding hydrogens is 464 g/mol. The average Bonchev–Trinajstić information content (AvgIpc) is 3.15. The van der Waals surface area contributed by atoms with E-state index in [1.54, 1.807) is 24.3 Å². The maximum atomic E-state index is 12.7. The van der Waals surface area contributed by atoms with Crippen molar-refractivity contribution in [3.05, 3.63) is 61.3 Å². The Balaban J connectivity index is 1.69. The van der Waals surface area contributed by atoms with Gasteiger partial charge in [0.2, 0.25) is 11.7 Å². The SMILES string of the molecule is CC(C)Cn1c(N)c(C(=O)COC(=O)[C@@H]2CC(=O)N(Cc3ccccc3Cl)C2)c(=O)n(C)c1=O. The third kappa shape index (κ3) is 5.22. The van der Waals surface area contributed by atoms with Crippen LogP contribution in [0.25, 0.3) is 0 Å². The number of nitrogen functional groups attached to an aromatic ring is 1. The number of nitrogens with zero attached hydrogens (tertiary/aromatic N) is 3. The molecule has 1 amide bonds. The summed E-state index contributed by atoms with van der Waals surface area (Å²) in [5.74, 6) is -2.75. The minimum absolute atomic E-state index is 0.0342. The van der Waals surface area contributed by atoms with E-state index in [9.17, 15) is 24.0 Å². The van der Waals surface area contributed by atoms with Gasteiger partial charge in [0, 0.05) is 38.1 Å². The number of hydrogen-bond acceptors (Lipinski definition) is 7. The van der Waals surface area contributed by atoms with Gasteiger partial charge in [-0.3, -0.25) is 28.3 Å². The molecule has 11 heteroatoms. The van der Waals surface area contributed by atoms with Crippen LogP contribution in [0.4, 0.5) is 5.82 Å². The molecule has 0 radical (unpaired) electrons. The molecule has 0 aliphatic carbocycles. The molecule has 1 aliphatic heterocycles. The van der Waals surface area contributed by atoms with Gasteiger partial charge in [-0.2, -0.15) is 0 Å². The van der Waals surface area contributed by atoms with E-state index < -0.39 is 41.1 Å². The number of hydrogen-bond donors (Lipinski definition) is 1. The summed E-state index contributed by atoms with van der Waals surface area (Å²) in [7, 11) is 1.25. The summed E-state index contributed by atoms with van der Waals surface area (Å²) in [6.07, 6.45) is -0.0549. The fourth-order valence-electron chi connectivity index (χ4n) is 3.83. The molecule has 0 unspecified atom stereocenters. The molecule has 1 atom stereocenters. The van der Waals surface area contributed by atoms with E-state index in [4.69, 9.17) is 22.1 Å². The van der Waals surface area contributed by atoms with Crippen molar-refractivity contribution in [2.75, 3.05) is 18.9 Å². The van der Waals surface area contributed by atoms with Crippen LogP contribution in [-0.4, -0.2) is 44.8 Å². The first-order chi connectivity index (χ1) is 16.0. The quantitative estimate of drug-likeness (QED) is 0.434. The van der Waals surface area contributed by atoms with Crippen LogP contribution >= 0.6 is 11.6 Å². The number of amides is 1. The molecular formula is C23H27ClN4O6. The van der Waals surface area contributed by atoms with Crippen LogP contribution < -0.4 is 17.0 Å². The van der Waals surface area contributed by atoms with Crippen molar-refractivity contribution in [3.63, 3.8) is 0 Å². The molecule has 1 fully saturated rings. The number of rotatable bonds is 8. The topological polar surface area (TPSA) is 134 Å². The number of aromatic nitrogens is 2. The first kappa shape index (κ1) is 25.2. The lowest BCUT2D eigenvalue weighted by Crippen LogP contribution is -2.43. The Labute approximate surface area is 200 Å². The summed E-state index contributed by atoms with van der Waals surface area (Å²) < 4.78 is 7.09. The average molecular weight is 491 g/mol. The van der Waals surface area contributed by atoms with Crippen LogP contribution in [0.3, 0.4) is 0 Å². The van der Waals surface area contributed by atoms with Crippen LogP contribution in [0.5, 0.6) is 0 Å². The number of halogens is 1. The third-order valence-corrected chi connectivity index (χ3v) is 5.99. The van der Waals surface area contributed by atoms with Crippen molar-refractivity contribution in [3.8, 4) is 0 Å².